The average molecular weight is 247 g/mol. The molecule has 1 aromatic heterocycles. The first-order valence-electron chi connectivity index (χ1n) is 6.13. The molecule has 1 aromatic rings. The topological polar surface area (TPSA) is 76.3 Å². The third-order valence-corrected chi connectivity index (χ3v) is 3.35. The maximum absolute atomic E-state index is 12.0. The molecule has 2 amide bonds. The quantitative estimate of drug-likeness (QED) is 0.837. The summed E-state index contributed by atoms with van der Waals surface area (Å²) in [7, 11) is 0. The highest BCUT2D eigenvalue weighted by Gasteiger charge is 2.25. The number of aromatic nitrogens is 1. The summed E-state index contributed by atoms with van der Waals surface area (Å²) in [6, 6.07) is 3.68. The van der Waals surface area contributed by atoms with Gasteiger partial charge >= 0.3 is 0 Å². The van der Waals surface area contributed by atoms with Crippen LogP contribution in [-0.4, -0.2) is 34.8 Å². The van der Waals surface area contributed by atoms with Gasteiger partial charge in [-0.25, -0.2) is 0 Å². The van der Waals surface area contributed by atoms with Crippen LogP contribution in [0.5, 0.6) is 0 Å². The first-order chi connectivity index (χ1) is 8.66. The van der Waals surface area contributed by atoms with E-state index in [-0.39, 0.29) is 17.7 Å². The minimum Gasteiger partial charge on any atom is -0.369 e. The summed E-state index contributed by atoms with van der Waals surface area (Å²) < 4.78 is 0. The van der Waals surface area contributed by atoms with E-state index < -0.39 is 0 Å². The number of amides is 2. The van der Waals surface area contributed by atoms with Crippen LogP contribution >= 0.6 is 0 Å². The van der Waals surface area contributed by atoms with Crippen LogP contribution in [0, 0.1) is 5.92 Å². The number of piperidine rings is 1. The Kier molecular flexibility index (Phi) is 3.92. The number of likely N-dealkylation sites (tertiary alicyclic amines) is 1. The van der Waals surface area contributed by atoms with Crippen LogP contribution < -0.4 is 5.73 Å². The zero-order chi connectivity index (χ0) is 13.0. The fourth-order valence-corrected chi connectivity index (χ4v) is 2.20. The van der Waals surface area contributed by atoms with Crippen LogP contribution in [0.3, 0.4) is 0 Å². The van der Waals surface area contributed by atoms with Gasteiger partial charge in [0.25, 0.3) is 0 Å². The van der Waals surface area contributed by atoms with Crippen LogP contribution in [-0.2, 0) is 16.0 Å². The summed E-state index contributed by atoms with van der Waals surface area (Å²) in [6.45, 7) is 1.25. The minimum absolute atomic E-state index is 0.0741. The predicted octanol–water partition coefficient (Wildman–Crippen LogP) is 0.348. The number of rotatable bonds is 3. The van der Waals surface area contributed by atoms with Crippen LogP contribution in [0.4, 0.5) is 0 Å². The Hall–Kier alpha value is -1.91. The summed E-state index contributed by atoms with van der Waals surface area (Å²) in [5.41, 5.74) is 6.23. The van der Waals surface area contributed by atoms with Gasteiger partial charge in [0.15, 0.2) is 0 Å². The highest BCUT2D eigenvalue weighted by Crippen LogP contribution is 2.17. The Bertz CT molecular complexity index is 425. The van der Waals surface area contributed by atoms with Crippen molar-refractivity contribution in [3.8, 4) is 0 Å². The van der Waals surface area contributed by atoms with Gasteiger partial charge in [-0.15, -0.1) is 0 Å². The second kappa shape index (κ2) is 5.62. The van der Waals surface area contributed by atoms with Crippen LogP contribution in [0.25, 0.3) is 0 Å². The van der Waals surface area contributed by atoms with Gasteiger partial charge in [0.05, 0.1) is 6.42 Å². The molecule has 1 aliphatic rings. The molecule has 0 unspecified atom stereocenters. The fraction of sp³-hybridized carbons (Fsp3) is 0.462. The molecule has 2 heterocycles. The van der Waals surface area contributed by atoms with Crippen LogP contribution in [0.1, 0.15) is 18.4 Å². The maximum Gasteiger partial charge on any atom is 0.226 e. The lowest BCUT2D eigenvalue weighted by atomic mass is 9.96. The van der Waals surface area contributed by atoms with Crippen molar-refractivity contribution in [3.63, 3.8) is 0 Å². The van der Waals surface area contributed by atoms with E-state index in [1.807, 2.05) is 12.1 Å². The van der Waals surface area contributed by atoms with E-state index in [9.17, 15) is 9.59 Å². The summed E-state index contributed by atoms with van der Waals surface area (Å²) >= 11 is 0. The van der Waals surface area contributed by atoms with E-state index in [1.165, 1.54) is 0 Å². The van der Waals surface area contributed by atoms with Gasteiger partial charge in [0.1, 0.15) is 0 Å². The van der Waals surface area contributed by atoms with E-state index in [4.69, 9.17) is 5.73 Å². The highest BCUT2D eigenvalue weighted by atomic mass is 16.2. The minimum atomic E-state index is -0.253. The molecule has 1 fully saturated rings. The molecule has 1 aliphatic heterocycles. The summed E-state index contributed by atoms with van der Waals surface area (Å²) in [5.74, 6) is -0.227. The fourth-order valence-electron chi connectivity index (χ4n) is 2.20. The maximum atomic E-state index is 12.0. The Morgan fingerprint density at radius 2 is 1.89 bits per heavy atom. The lowest BCUT2D eigenvalue weighted by Gasteiger charge is -2.30. The molecule has 18 heavy (non-hydrogen) atoms. The van der Waals surface area contributed by atoms with Crippen molar-refractivity contribution in [3.05, 3.63) is 30.1 Å². The molecule has 0 radical (unpaired) electrons. The second-order valence-electron chi connectivity index (χ2n) is 4.59. The van der Waals surface area contributed by atoms with Gasteiger partial charge < -0.3 is 10.6 Å². The molecule has 0 bridgehead atoms. The zero-order valence-electron chi connectivity index (χ0n) is 10.2. The van der Waals surface area contributed by atoms with Crippen LogP contribution in [0.2, 0.25) is 0 Å². The lowest BCUT2D eigenvalue weighted by molar-refractivity contribution is -0.134. The first-order valence-corrected chi connectivity index (χ1v) is 6.13. The number of hydrogen-bond donors (Lipinski definition) is 1. The number of pyridine rings is 1. The molecular weight excluding hydrogens is 230 g/mol. The van der Waals surface area contributed by atoms with Gasteiger partial charge in [0.2, 0.25) is 11.8 Å². The van der Waals surface area contributed by atoms with E-state index in [2.05, 4.69) is 4.98 Å². The molecule has 0 spiro atoms. The number of nitrogens with two attached hydrogens (primary N) is 1. The highest BCUT2D eigenvalue weighted by molar-refractivity contribution is 5.80. The molecule has 2 N–H and O–H groups in total. The normalized spacial score (nSPS) is 16.6. The Morgan fingerprint density at radius 1 is 1.28 bits per heavy atom. The lowest BCUT2D eigenvalue weighted by Crippen LogP contribution is -2.42. The van der Waals surface area contributed by atoms with Crippen molar-refractivity contribution < 1.29 is 9.59 Å². The van der Waals surface area contributed by atoms with Gasteiger partial charge in [-0.05, 0) is 30.5 Å². The van der Waals surface area contributed by atoms with E-state index >= 15 is 0 Å². The predicted molar refractivity (Wildman–Crippen MR) is 66.4 cm³/mol. The van der Waals surface area contributed by atoms with Gasteiger partial charge in [-0.1, -0.05) is 0 Å². The molecule has 96 valence electrons. The Balaban J connectivity index is 1.86. The average Bonchev–Trinajstić information content (AvgIpc) is 2.40. The van der Waals surface area contributed by atoms with Crippen molar-refractivity contribution >= 4 is 11.8 Å². The molecule has 1 saturated heterocycles. The monoisotopic (exact) mass is 247 g/mol. The third-order valence-electron chi connectivity index (χ3n) is 3.35. The number of primary amides is 1. The van der Waals surface area contributed by atoms with E-state index in [0.29, 0.717) is 32.4 Å². The molecule has 0 aliphatic carbocycles. The molecular formula is C13H17N3O2. The van der Waals surface area contributed by atoms with Crippen molar-refractivity contribution in [1.82, 2.24) is 9.88 Å². The van der Waals surface area contributed by atoms with E-state index in [1.54, 1.807) is 17.3 Å². The van der Waals surface area contributed by atoms with Gasteiger partial charge in [-0.2, -0.15) is 0 Å². The largest absolute Gasteiger partial charge is 0.369 e. The summed E-state index contributed by atoms with van der Waals surface area (Å²) in [4.78, 5) is 28.8. The SMILES string of the molecule is NC(=O)C1CCN(C(=O)Cc2ccncc2)CC1. The Labute approximate surface area is 106 Å². The third kappa shape index (κ3) is 3.06. The number of nitrogens with zero attached hydrogens (tertiary/aromatic N) is 2. The zero-order valence-corrected chi connectivity index (χ0v) is 10.2. The van der Waals surface area contributed by atoms with Crippen molar-refractivity contribution in [2.24, 2.45) is 11.7 Å². The van der Waals surface area contributed by atoms with Crippen LogP contribution in [0.15, 0.2) is 24.5 Å². The molecule has 0 saturated carbocycles. The molecule has 5 nitrogen and oxygen atoms in total. The first kappa shape index (κ1) is 12.5. The molecule has 2 rings (SSSR count). The summed E-state index contributed by atoms with van der Waals surface area (Å²) in [6.07, 6.45) is 5.11. The number of carbonyl (C=O) groups excluding carboxylic acids is 2. The standard InChI is InChI=1S/C13H17N3O2/c14-13(18)11-3-7-16(8-4-11)12(17)9-10-1-5-15-6-2-10/h1-2,5-6,11H,3-4,7-9H2,(H2,14,18). The smallest absolute Gasteiger partial charge is 0.226 e. The van der Waals surface area contributed by atoms with Crippen molar-refractivity contribution in [2.75, 3.05) is 13.1 Å². The summed E-state index contributed by atoms with van der Waals surface area (Å²) in [5, 5.41) is 0. The number of hydrogen-bond acceptors (Lipinski definition) is 3. The van der Waals surface area contributed by atoms with E-state index in [0.717, 1.165) is 5.56 Å². The van der Waals surface area contributed by atoms with Gasteiger partial charge in [0, 0.05) is 31.4 Å². The molecule has 0 atom stereocenters. The molecule has 5 heteroatoms. The van der Waals surface area contributed by atoms with Gasteiger partial charge in [-0.3, -0.25) is 14.6 Å². The molecule has 0 aromatic carbocycles. The Morgan fingerprint density at radius 3 is 2.44 bits per heavy atom. The second-order valence-corrected chi connectivity index (χ2v) is 4.59. The van der Waals surface area contributed by atoms with Crippen molar-refractivity contribution in [1.29, 1.82) is 0 Å². The number of carbonyl (C=O) groups is 2. The van der Waals surface area contributed by atoms with Crippen molar-refractivity contribution in [2.45, 2.75) is 19.3 Å².